The second-order valence-corrected chi connectivity index (χ2v) is 11.0. The van der Waals surface area contributed by atoms with Crippen LogP contribution in [-0.4, -0.2) is 12.4 Å². The maximum Gasteiger partial charge on any atom is 0.0694 e. The van der Waals surface area contributed by atoms with Crippen molar-refractivity contribution in [1.82, 2.24) is 0 Å². The molecule has 2 nitrogen and oxygen atoms in total. The van der Waals surface area contributed by atoms with Crippen molar-refractivity contribution in [2.45, 2.75) is 91.9 Å². The molecule has 190 valence electrons. The SMILES string of the molecule is CC(C)c1cccc(C(C)C)c1N=CCc1cccc(CC=Nc2c(C(C)C)cccc2C(C)C)c1. The molecule has 0 saturated heterocycles. The largest absolute Gasteiger partial charge is 0.260 e. The van der Waals surface area contributed by atoms with E-state index in [4.69, 9.17) is 9.98 Å². The minimum atomic E-state index is 0.454. The maximum atomic E-state index is 4.98. The van der Waals surface area contributed by atoms with Gasteiger partial charge in [0, 0.05) is 25.3 Å². The summed E-state index contributed by atoms with van der Waals surface area (Å²) in [5.74, 6) is 1.82. The Bertz CT molecular complexity index is 1050. The second-order valence-electron chi connectivity index (χ2n) is 11.0. The summed E-state index contributed by atoms with van der Waals surface area (Å²) in [5, 5.41) is 0. The molecular formula is C34H44N2. The summed E-state index contributed by atoms with van der Waals surface area (Å²) in [7, 11) is 0. The van der Waals surface area contributed by atoms with Gasteiger partial charge in [-0.15, -0.1) is 0 Å². The molecule has 0 N–H and O–H groups in total. The van der Waals surface area contributed by atoms with E-state index in [1.54, 1.807) is 0 Å². The predicted octanol–water partition coefficient (Wildman–Crippen LogP) is 10.1. The number of rotatable bonds is 10. The number of aliphatic imine (C=N–C) groups is 2. The highest BCUT2D eigenvalue weighted by Gasteiger charge is 2.13. The van der Waals surface area contributed by atoms with Crippen LogP contribution < -0.4 is 0 Å². The van der Waals surface area contributed by atoms with E-state index in [1.807, 2.05) is 0 Å². The van der Waals surface area contributed by atoms with Crippen molar-refractivity contribution in [3.63, 3.8) is 0 Å². The lowest BCUT2D eigenvalue weighted by Crippen LogP contribution is -1.97. The fourth-order valence-electron chi connectivity index (χ4n) is 4.69. The molecule has 2 heteroatoms. The zero-order chi connectivity index (χ0) is 26.2. The number of hydrogen-bond donors (Lipinski definition) is 0. The van der Waals surface area contributed by atoms with E-state index in [2.05, 4.69) is 128 Å². The first-order chi connectivity index (χ1) is 17.2. The molecule has 0 aromatic heterocycles. The zero-order valence-electron chi connectivity index (χ0n) is 23.5. The third-order valence-electron chi connectivity index (χ3n) is 6.77. The van der Waals surface area contributed by atoms with Gasteiger partial charge in [-0.05, 0) is 57.1 Å². The lowest BCUT2D eigenvalue weighted by molar-refractivity contribution is 0.834. The summed E-state index contributed by atoms with van der Waals surface area (Å²) >= 11 is 0. The van der Waals surface area contributed by atoms with Gasteiger partial charge in [-0.1, -0.05) is 116 Å². The summed E-state index contributed by atoms with van der Waals surface area (Å²) in [4.78, 5) is 9.95. The molecule has 3 aromatic carbocycles. The topological polar surface area (TPSA) is 24.7 Å². The molecule has 3 aromatic rings. The van der Waals surface area contributed by atoms with Gasteiger partial charge in [-0.3, -0.25) is 9.98 Å². The molecular weight excluding hydrogens is 436 g/mol. The second kappa shape index (κ2) is 12.8. The van der Waals surface area contributed by atoms with E-state index in [0.29, 0.717) is 23.7 Å². The average Bonchev–Trinajstić information content (AvgIpc) is 2.84. The molecule has 36 heavy (non-hydrogen) atoms. The first kappa shape index (κ1) is 27.6. The Balaban J connectivity index is 1.77. The molecule has 3 rings (SSSR count). The Morgan fingerprint density at radius 3 is 1.11 bits per heavy atom. The number of para-hydroxylation sites is 2. The summed E-state index contributed by atoms with van der Waals surface area (Å²) in [6, 6.07) is 22.0. The molecule has 0 amide bonds. The standard InChI is InChI=1S/C34H44N2/c1-23(2)29-14-10-15-30(24(3)4)33(29)35-20-18-27-12-9-13-28(22-27)19-21-36-34-31(25(5)6)16-11-17-32(34)26(7)8/h9-17,20-26H,18-19H2,1-8H3. The van der Waals surface area contributed by atoms with E-state index >= 15 is 0 Å². The first-order valence-corrected chi connectivity index (χ1v) is 13.6. The van der Waals surface area contributed by atoms with Crippen LogP contribution in [0.15, 0.2) is 70.6 Å². The van der Waals surface area contributed by atoms with Crippen molar-refractivity contribution in [1.29, 1.82) is 0 Å². The molecule has 0 fully saturated rings. The van der Waals surface area contributed by atoms with E-state index in [-0.39, 0.29) is 0 Å². The summed E-state index contributed by atoms with van der Waals surface area (Å²) < 4.78 is 0. The minimum Gasteiger partial charge on any atom is -0.260 e. The van der Waals surface area contributed by atoms with Crippen LogP contribution in [-0.2, 0) is 12.8 Å². The lowest BCUT2D eigenvalue weighted by Gasteiger charge is -2.16. The Kier molecular flexibility index (Phi) is 9.81. The highest BCUT2D eigenvalue weighted by Crippen LogP contribution is 2.35. The number of hydrogen-bond acceptors (Lipinski definition) is 2. The normalized spacial score (nSPS) is 12.3. The molecule has 0 saturated carbocycles. The van der Waals surface area contributed by atoms with Gasteiger partial charge < -0.3 is 0 Å². The fraction of sp³-hybridized carbons (Fsp3) is 0.412. The van der Waals surface area contributed by atoms with Crippen molar-refractivity contribution in [2.75, 3.05) is 0 Å². The van der Waals surface area contributed by atoms with Crippen molar-refractivity contribution in [3.8, 4) is 0 Å². The van der Waals surface area contributed by atoms with Gasteiger partial charge in [0.05, 0.1) is 11.4 Å². The van der Waals surface area contributed by atoms with Gasteiger partial charge in [0.25, 0.3) is 0 Å². The van der Waals surface area contributed by atoms with Gasteiger partial charge in [0.15, 0.2) is 0 Å². The number of nitrogens with zero attached hydrogens (tertiary/aromatic N) is 2. The zero-order valence-corrected chi connectivity index (χ0v) is 23.5. The fourth-order valence-corrected chi connectivity index (χ4v) is 4.69. The number of benzene rings is 3. The molecule has 0 radical (unpaired) electrons. The summed E-state index contributed by atoms with van der Waals surface area (Å²) in [5.41, 5.74) is 10.2. The molecule has 0 atom stereocenters. The molecule has 0 unspecified atom stereocenters. The monoisotopic (exact) mass is 480 g/mol. The third-order valence-corrected chi connectivity index (χ3v) is 6.77. The third kappa shape index (κ3) is 7.03. The Morgan fingerprint density at radius 1 is 0.500 bits per heavy atom. The summed E-state index contributed by atoms with van der Waals surface area (Å²) in [6.07, 6.45) is 5.80. The van der Waals surface area contributed by atoms with Gasteiger partial charge >= 0.3 is 0 Å². The van der Waals surface area contributed by atoms with Crippen molar-refractivity contribution in [3.05, 3.63) is 94.0 Å². The molecule has 0 aliphatic rings. The highest BCUT2D eigenvalue weighted by molar-refractivity contribution is 5.71. The van der Waals surface area contributed by atoms with Crippen LogP contribution in [0.1, 0.15) is 112 Å². The van der Waals surface area contributed by atoms with E-state index in [0.717, 1.165) is 24.2 Å². The van der Waals surface area contributed by atoms with Crippen molar-refractivity contribution in [2.24, 2.45) is 9.98 Å². The van der Waals surface area contributed by atoms with Gasteiger partial charge in [-0.25, -0.2) is 0 Å². The average molecular weight is 481 g/mol. The molecule has 0 heterocycles. The molecule has 0 aliphatic heterocycles. The van der Waals surface area contributed by atoms with E-state index < -0.39 is 0 Å². The lowest BCUT2D eigenvalue weighted by atomic mass is 9.93. The van der Waals surface area contributed by atoms with Gasteiger partial charge in [-0.2, -0.15) is 0 Å². The van der Waals surface area contributed by atoms with Crippen molar-refractivity contribution >= 4 is 23.8 Å². The Labute approximate surface area is 219 Å². The molecule has 0 aliphatic carbocycles. The smallest absolute Gasteiger partial charge is 0.0694 e. The molecule has 0 bridgehead atoms. The van der Waals surface area contributed by atoms with Crippen LogP contribution in [0.4, 0.5) is 11.4 Å². The highest BCUT2D eigenvalue weighted by atomic mass is 14.7. The van der Waals surface area contributed by atoms with Gasteiger partial charge in [0.2, 0.25) is 0 Å². The quantitative estimate of drug-likeness (QED) is 0.258. The van der Waals surface area contributed by atoms with Crippen LogP contribution in [0, 0.1) is 0 Å². The van der Waals surface area contributed by atoms with E-state index in [9.17, 15) is 0 Å². The van der Waals surface area contributed by atoms with Crippen LogP contribution in [0.5, 0.6) is 0 Å². The molecule has 0 spiro atoms. The van der Waals surface area contributed by atoms with Gasteiger partial charge in [0.1, 0.15) is 0 Å². The first-order valence-electron chi connectivity index (χ1n) is 13.6. The maximum absolute atomic E-state index is 4.98. The predicted molar refractivity (Wildman–Crippen MR) is 159 cm³/mol. The van der Waals surface area contributed by atoms with Crippen LogP contribution >= 0.6 is 0 Å². The Hall–Kier alpha value is -3.00. The van der Waals surface area contributed by atoms with Crippen LogP contribution in [0.25, 0.3) is 0 Å². The summed E-state index contributed by atoms with van der Waals surface area (Å²) in [6.45, 7) is 17.9. The Morgan fingerprint density at radius 2 is 0.806 bits per heavy atom. The van der Waals surface area contributed by atoms with Crippen molar-refractivity contribution < 1.29 is 0 Å². The van der Waals surface area contributed by atoms with Crippen LogP contribution in [0.3, 0.4) is 0 Å². The minimum absolute atomic E-state index is 0.454. The van der Waals surface area contributed by atoms with E-state index in [1.165, 1.54) is 33.4 Å². The van der Waals surface area contributed by atoms with Crippen LogP contribution in [0.2, 0.25) is 0 Å².